The second-order valence-electron chi connectivity index (χ2n) is 13.7. The Morgan fingerprint density at radius 3 is 2.56 bits per heavy atom. The second-order valence-corrected chi connectivity index (χ2v) is 13.7. The summed E-state index contributed by atoms with van der Waals surface area (Å²) in [5, 5.41) is 21.7. The van der Waals surface area contributed by atoms with Crippen LogP contribution >= 0.6 is 0 Å². The average Bonchev–Trinajstić information content (AvgIpc) is 3.82. The molecule has 0 amide bonds. The minimum absolute atomic E-state index is 0.0698. The van der Waals surface area contributed by atoms with Crippen LogP contribution in [0.2, 0.25) is 0 Å². The van der Waals surface area contributed by atoms with Gasteiger partial charge in [0, 0.05) is 25.7 Å². The summed E-state index contributed by atoms with van der Waals surface area (Å²) in [6.45, 7) is 9.70. The number of halogens is 2. The molecular formula is C39H45F2NO3. The van der Waals surface area contributed by atoms with E-state index in [2.05, 4.69) is 57.2 Å². The van der Waals surface area contributed by atoms with Crippen LogP contribution < -0.4 is 4.74 Å². The Balaban J connectivity index is 1.27. The Labute approximate surface area is 266 Å². The molecular weight excluding hydrogens is 568 g/mol. The number of allylic oxidation sites excluding steroid dienone is 4. The van der Waals surface area contributed by atoms with Gasteiger partial charge in [0.1, 0.15) is 17.9 Å². The van der Waals surface area contributed by atoms with Crippen molar-refractivity contribution in [1.29, 1.82) is 5.26 Å². The van der Waals surface area contributed by atoms with Crippen LogP contribution in [0.15, 0.2) is 64.8 Å². The predicted molar refractivity (Wildman–Crippen MR) is 174 cm³/mol. The van der Waals surface area contributed by atoms with Crippen molar-refractivity contribution in [3.8, 4) is 22.9 Å². The van der Waals surface area contributed by atoms with Crippen molar-refractivity contribution in [2.75, 3.05) is 13.2 Å². The van der Waals surface area contributed by atoms with Gasteiger partial charge in [-0.1, -0.05) is 43.3 Å². The minimum atomic E-state index is -2.60. The van der Waals surface area contributed by atoms with Gasteiger partial charge >= 0.3 is 0 Å². The molecule has 2 aromatic carbocycles. The van der Waals surface area contributed by atoms with Gasteiger partial charge in [-0.15, -0.1) is 0 Å². The molecule has 45 heavy (non-hydrogen) atoms. The maximum Gasteiger partial charge on any atom is 0.248 e. The fraction of sp³-hybridized carbons (Fsp3) is 0.513. The summed E-state index contributed by atoms with van der Waals surface area (Å²) in [7, 11) is 0. The number of hydrogen-bond donors (Lipinski definition) is 1. The van der Waals surface area contributed by atoms with Crippen LogP contribution in [-0.4, -0.2) is 35.9 Å². The zero-order valence-electron chi connectivity index (χ0n) is 27.0. The first kappa shape index (κ1) is 31.7. The number of nitriles is 1. The molecule has 1 saturated heterocycles. The quantitative estimate of drug-likeness (QED) is 0.322. The molecule has 4 nitrogen and oxygen atoms in total. The lowest BCUT2D eigenvalue weighted by Gasteiger charge is -2.41. The van der Waals surface area contributed by atoms with E-state index in [0.717, 1.165) is 53.5 Å². The molecule has 4 aliphatic rings. The zero-order valence-corrected chi connectivity index (χ0v) is 27.0. The number of fused-ring (bicyclic) bond motifs is 1. The fourth-order valence-electron chi connectivity index (χ4n) is 7.96. The first-order valence-corrected chi connectivity index (χ1v) is 16.6. The molecule has 6 rings (SSSR count). The number of benzene rings is 2. The lowest BCUT2D eigenvalue weighted by Crippen LogP contribution is -2.42. The molecule has 3 fully saturated rings. The van der Waals surface area contributed by atoms with Gasteiger partial charge in [-0.3, -0.25) is 0 Å². The van der Waals surface area contributed by atoms with Gasteiger partial charge in [0.2, 0.25) is 5.92 Å². The molecule has 0 radical (unpaired) electrons. The summed E-state index contributed by atoms with van der Waals surface area (Å²) < 4.78 is 39.4. The van der Waals surface area contributed by atoms with E-state index in [1.54, 1.807) is 0 Å². The summed E-state index contributed by atoms with van der Waals surface area (Å²) in [4.78, 5) is 0. The second kappa shape index (κ2) is 12.5. The van der Waals surface area contributed by atoms with E-state index < -0.39 is 11.5 Å². The highest BCUT2D eigenvalue weighted by Crippen LogP contribution is 2.59. The van der Waals surface area contributed by atoms with E-state index in [-0.39, 0.29) is 30.8 Å². The fourth-order valence-corrected chi connectivity index (χ4v) is 7.96. The molecule has 1 heterocycles. The summed E-state index contributed by atoms with van der Waals surface area (Å²) in [6, 6.07) is 14.5. The zero-order chi connectivity index (χ0) is 31.9. The predicted octanol–water partition coefficient (Wildman–Crippen LogP) is 9.35. The van der Waals surface area contributed by atoms with Gasteiger partial charge in [-0.05, 0) is 121 Å². The number of ether oxygens (including phenoxy) is 2. The maximum atomic E-state index is 13.9. The third-order valence-corrected chi connectivity index (χ3v) is 10.8. The largest absolute Gasteiger partial charge is 0.489 e. The Morgan fingerprint density at radius 1 is 1.13 bits per heavy atom. The molecule has 2 aromatic rings. The summed E-state index contributed by atoms with van der Waals surface area (Å²) in [6.07, 6.45) is 8.50. The van der Waals surface area contributed by atoms with Crippen molar-refractivity contribution >= 4 is 6.08 Å². The van der Waals surface area contributed by atoms with Crippen LogP contribution in [0.4, 0.5) is 8.78 Å². The van der Waals surface area contributed by atoms with Crippen LogP contribution in [0.5, 0.6) is 5.75 Å². The Kier molecular flexibility index (Phi) is 8.80. The van der Waals surface area contributed by atoms with Crippen LogP contribution in [0, 0.1) is 36.0 Å². The van der Waals surface area contributed by atoms with Crippen LogP contribution in [0.3, 0.4) is 0 Å². The van der Waals surface area contributed by atoms with Gasteiger partial charge in [-0.25, -0.2) is 8.78 Å². The van der Waals surface area contributed by atoms with E-state index in [1.807, 2.05) is 25.1 Å². The van der Waals surface area contributed by atoms with Crippen molar-refractivity contribution < 1.29 is 23.4 Å². The van der Waals surface area contributed by atoms with Gasteiger partial charge < -0.3 is 14.6 Å². The SMILES string of the molecule is CCC1=C(/C(C)=C/c2cccc(-c3ccc(OC4CCOCC4)c(C#N)c3)c2C)C2CC2C(C(C)(O)C2CCC(F)(F)CC2)=C1. The topological polar surface area (TPSA) is 62.5 Å². The summed E-state index contributed by atoms with van der Waals surface area (Å²) in [5.74, 6) is -1.47. The lowest BCUT2D eigenvalue weighted by atomic mass is 9.70. The van der Waals surface area contributed by atoms with Gasteiger partial charge in [0.05, 0.1) is 24.4 Å². The van der Waals surface area contributed by atoms with Crippen LogP contribution in [-0.2, 0) is 4.74 Å². The Hall–Kier alpha value is -3.27. The number of rotatable bonds is 8. The van der Waals surface area contributed by atoms with Crippen LogP contribution in [0.25, 0.3) is 17.2 Å². The summed E-state index contributed by atoms with van der Waals surface area (Å²) >= 11 is 0. The Bertz CT molecular complexity index is 1580. The first-order valence-electron chi connectivity index (χ1n) is 16.6. The molecule has 2 saturated carbocycles. The van der Waals surface area contributed by atoms with Gasteiger partial charge in [0.15, 0.2) is 0 Å². The van der Waals surface area contributed by atoms with E-state index >= 15 is 0 Å². The van der Waals surface area contributed by atoms with Gasteiger partial charge in [-0.2, -0.15) is 5.26 Å². The number of alkyl halides is 2. The molecule has 0 spiro atoms. The van der Waals surface area contributed by atoms with Crippen LogP contribution in [0.1, 0.15) is 88.8 Å². The normalized spacial score (nSPS) is 25.2. The highest BCUT2D eigenvalue weighted by atomic mass is 19.3. The van der Waals surface area contributed by atoms with E-state index in [0.29, 0.717) is 43.3 Å². The highest BCUT2D eigenvalue weighted by Gasteiger charge is 2.53. The monoisotopic (exact) mass is 613 g/mol. The third-order valence-electron chi connectivity index (χ3n) is 10.8. The van der Waals surface area contributed by atoms with Crippen molar-refractivity contribution in [2.45, 2.75) is 96.7 Å². The standard InChI is InChI=1S/C39H45F2NO3/c1-5-26-21-35(38(4,43)30-11-15-39(40,41)16-12-30)33-22-34(33)37(26)24(2)19-27-7-6-8-32(25(27)3)28-9-10-36(29(20-28)23-42)45-31-13-17-44-18-14-31/h6-10,19-21,30-31,33-34,43H,5,11-18,22H2,1-4H3/b24-19+. The molecule has 0 bridgehead atoms. The molecule has 3 atom stereocenters. The molecule has 3 aliphatic carbocycles. The molecule has 238 valence electrons. The number of hydrogen-bond acceptors (Lipinski definition) is 4. The maximum absolute atomic E-state index is 13.9. The first-order chi connectivity index (χ1) is 21.5. The van der Waals surface area contributed by atoms with Crippen molar-refractivity contribution in [2.24, 2.45) is 17.8 Å². The van der Waals surface area contributed by atoms with Crippen molar-refractivity contribution in [1.82, 2.24) is 0 Å². The van der Waals surface area contributed by atoms with Gasteiger partial charge in [0.25, 0.3) is 0 Å². The summed E-state index contributed by atoms with van der Waals surface area (Å²) in [5.41, 5.74) is 8.71. The Morgan fingerprint density at radius 2 is 1.87 bits per heavy atom. The van der Waals surface area contributed by atoms with Crippen molar-refractivity contribution in [3.63, 3.8) is 0 Å². The smallest absolute Gasteiger partial charge is 0.248 e. The molecule has 0 aromatic heterocycles. The average molecular weight is 614 g/mol. The molecule has 6 heteroatoms. The minimum Gasteiger partial charge on any atom is -0.489 e. The van der Waals surface area contributed by atoms with Crippen molar-refractivity contribution in [3.05, 3.63) is 81.5 Å². The highest BCUT2D eigenvalue weighted by molar-refractivity contribution is 5.76. The molecule has 3 unspecified atom stereocenters. The van der Waals surface area contributed by atoms with E-state index in [4.69, 9.17) is 9.47 Å². The van der Waals surface area contributed by atoms with E-state index in [1.165, 1.54) is 16.7 Å². The van der Waals surface area contributed by atoms with E-state index in [9.17, 15) is 19.1 Å². The molecule has 1 N–H and O–H groups in total. The lowest BCUT2D eigenvalue weighted by molar-refractivity contribution is -0.0780. The number of aliphatic hydroxyl groups is 1. The third kappa shape index (κ3) is 6.40. The molecule has 1 aliphatic heterocycles. The number of nitrogens with zero attached hydrogens (tertiary/aromatic N) is 1.